The quantitative estimate of drug-likeness (QED) is 0.475. The van der Waals surface area contributed by atoms with Crippen LogP contribution in [0.2, 0.25) is 0 Å². The van der Waals surface area contributed by atoms with Crippen molar-refractivity contribution in [2.45, 2.75) is 19.4 Å². The van der Waals surface area contributed by atoms with E-state index in [1.165, 1.54) is 17.1 Å². The lowest BCUT2D eigenvalue weighted by molar-refractivity contribution is 0.0676. The van der Waals surface area contributed by atoms with Crippen LogP contribution in [0.25, 0.3) is 10.8 Å². The summed E-state index contributed by atoms with van der Waals surface area (Å²) in [5.41, 5.74) is 1.99. The van der Waals surface area contributed by atoms with E-state index in [4.69, 9.17) is 4.98 Å². The summed E-state index contributed by atoms with van der Waals surface area (Å²) >= 11 is 1.45. The number of hydrogen-bond acceptors (Lipinski definition) is 5. The van der Waals surface area contributed by atoms with Crippen molar-refractivity contribution >= 4 is 33.3 Å². The molecule has 5 nitrogen and oxygen atoms in total. The van der Waals surface area contributed by atoms with Crippen LogP contribution in [0, 0.1) is 0 Å². The minimum Gasteiger partial charge on any atom is -0.343 e. The zero-order chi connectivity index (χ0) is 21.2. The maximum Gasteiger partial charge on any atom is 0.254 e. The second-order valence-electron chi connectivity index (χ2n) is 7.98. The third-order valence-corrected chi connectivity index (χ3v) is 6.66. The molecule has 0 aliphatic carbocycles. The first-order valence-corrected chi connectivity index (χ1v) is 11.4. The Balaban J connectivity index is 1.29. The molecular formula is C25H24N4OS. The molecule has 0 radical (unpaired) electrons. The maximum atomic E-state index is 13.4. The molecule has 1 atom stereocenters. The van der Waals surface area contributed by atoms with Gasteiger partial charge in [0, 0.05) is 49.2 Å². The van der Waals surface area contributed by atoms with E-state index in [-0.39, 0.29) is 11.9 Å². The minimum absolute atomic E-state index is 0.0988. The summed E-state index contributed by atoms with van der Waals surface area (Å²) in [5, 5.41) is 3.05. The molecule has 1 fully saturated rings. The van der Waals surface area contributed by atoms with E-state index >= 15 is 0 Å². The van der Waals surface area contributed by atoms with Gasteiger partial charge in [0.1, 0.15) is 5.82 Å². The van der Waals surface area contributed by atoms with Crippen molar-refractivity contribution in [3.63, 3.8) is 0 Å². The molecule has 0 spiro atoms. The third kappa shape index (κ3) is 4.03. The van der Waals surface area contributed by atoms with Crippen LogP contribution >= 0.6 is 11.5 Å². The summed E-state index contributed by atoms with van der Waals surface area (Å²) < 4.78 is 4.56. The zero-order valence-corrected chi connectivity index (χ0v) is 18.3. The summed E-state index contributed by atoms with van der Waals surface area (Å²) in [6.45, 7) is 4.31. The first kappa shape index (κ1) is 19.7. The SMILES string of the molecule is CC1CN(c2nc(Cc3ccccc3)ns2)CCN1C(=O)c1cccc2ccccc12. The van der Waals surface area contributed by atoms with Crippen LogP contribution in [0.3, 0.4) is 0 Å². The van der Waals surface area contributed by atoms with E-state index in [0.29, 0.717) is 6.54 Å². The fraction of sp³-hybridized carbons (Fsp3) is 0.240. The van der Waals surface area contributed by atoms with E-state index in [2.05, 4.69) is 40.5 Å². The largest absolute Gasteiger partial charge is 0.343 e. The average Bonchev–Trinajstić information content (AvgIpc) is 3.27. The Morgan fingerprint density at radius 1 is 1.00 bits per heavy atom. The van der Waals surface area contributed by atoms with Crippen molar-refractivity contribution in [1.29, 1.82) is 0 Å². The number of hydrogen-bond donors (Lipinski definition) is 0. The summed E-state index contributed by atoms with van der Waals surface area (Å²) in [6.07, 6.45) is 0.742. The van der Waals surface area contributed by atoms with Crippen LogP contribution in [-0.2, 0) is 6.42 Å². The van der Waals surface area contributed by atoms with E-state index in [9.17, 15) is 4.79 Å². The lowest BCUT2D eigenvalue weighted by Gasteiger charge is -2.39. The summed E-state index contributed by atoms with van der Waals surface area (Å²) in [7, 11) is 0. The Labute approximate surface area is 186 Å². The number of benzene rings is 3. The molecule has 5 rings (SSSR count). The van der Waals surface area contributed by atoms with E-state index in [1.54, 1.807) is 0 Å². The highest BCUT2D eigenvalue weighted by Crippen LogP contribution is 2.25. The number of fused-ring (bicyclic) bond motifs is 1. The molecule has 1 aromatic heterocycles. The van der Waals surface area contributed by atoms with Gasteiger partial charge in [0.2, 0.25) is 5.13 Å². The van der Waals surface area contributed by atoms with Crippen LogP contribution in [0.1, 0.15) is 28.7 Å². The number of aromatic nitrogens is 2. The van der Waals surface area contributed by atoms with Crippen LogP contribution in [0.5, 0.6) is 0 Å². The molecule has 3 aromatic carbocycles. The Bertz CT molecular complexity index is 1200. The molecule has 1 aliphatic rings. The number of rotatable bonds is 4. The van der Waals surface area contributed by atoms with E-state index < -0.39 is 0 Å². The van der Waals surface area contributed by atoms with Crippen molar-refractivity contribution in [2.75, 3.05) is 24.5 Å². The Morgan fingerprint density at radius 2 is 1.77 bits per heavy atom. The Morgan fingerprint density at radius 3 is 2.61 bits per heavy atom. The molecule has 0 saturated carbocycles. The van der Waals surface area contributed by atoms with Gasteiger partial charge < -0.3 is 9.80 Å². The normalized spacial score (nSPS) is 16.6. The molecule has 156 valence electrons. The van der Waals surface area contributed by atoms with E-state index in [0.717, 1.165) is 46.8 Å². The number of nitrogens with zero attached hydrogens (tertiary/aromatic N) is 4. The molecule has 31 heavy (non-hydrogen) atoms. The lowest BCUT2D eigenvalue weighted by atomic mass is 10.0. The van der Waals surface area contributed by atoms with Gasteiger partial charge in [-0.15, -0.1) is 0 Å². The van der Waals surface area contributed by atoms with E-state index in [1.807, 2.05) is 53.4 Å². The van der Waals surface area contributed by atoms with Gasteiger partial charge in [-0.25, -0.2) is 4.98 Å². The molecule has 1 aliphatic heterocycles. The molecule has 0 N–H and O–H groups in total. The molecule has 0 bridgehead atoms. The smallest absolute Gasteiger partial charge is 0.254 e. The number of anilines is 1. The van der Waals surface area contributed by atoms with Crippen molar-refractivity contribution in [3.05, 3.63) is 89.7 Å². The zero-order valence-electron chi connectivity index (χ0n) is 17.4. The Hall–Kier alpha value is -3.25. The lowest BCUT2D eigenvalue weighted by Crippen LogP contribution is -2.54. The van der Waals surface area contributed by atoms with Gasteiger partial charge in [-0.1, -0.05) is 66.7 Å². The highest BCUT2D eigenvalue weighted by Gasteiger charge is 2.30. The average molecular weight is 429 g/mol. The topological polar surface area (TPSA) is 49.3 Å². The second-order valence-corrected chi connectivity index (χ2v) is 8.71. The molecule has 6 heteroatoms. The van der Waals surface area contributed by atoms with Crippen molar-refractivity contribution in [1.82, 2.24) is 14.3 Å². The summed E-state index contributed by atoms with van der Waals surface area (Å²) in [4.78, 5) is 22.4. The molecule has 1 amide bonds. The molecule has 2 heterocycles. The van der Waals surface area contributed by atoms with Gasteiger partial charge in [-0.05, 0) is 29.3 Å². The van der Waals surface area contributed by atoms with Crippen LogP contribution < -0.4 is 4.90 Å². The summed E-state index contributed by atoms with van der Waals surface area (Å²) in [6, 6.07) is 24.4. The maximum absolute atomic E-state index is 13.4. The van der Waals surface area contributed by atoms with Crippen molar-refractivity contribution in [3.8, 4) is 0 Å². The minimum atomic E-state index is 0.0988. The fourth-order valence-electron chi connectivity index (χ4n) is 4.22. The molecule has 1 unspecified atom stereocenters. The monoisotopic (exact) mass is 428 g/mol. The van der Waals surface area contributed by atoms with Gasteiger partial charge >= 0.3 is 0 Å². The number of piperazine rings is 1. The number of carbonyl (C=O) groups is 1. The highest BCUT2D eigenvalue weighted by molar-refractivity contribution is 7.09. The molecule has 1 saturated heterocycles. The highest BCUT2D eigenvalue weighted by atomic mass is 32.1. The number of amides is 1. The number of carbonyl (C=O) groups excluding carboxylic acids is 1. The van der Waals surface area contributed by atoms with Crippen LogP contribution in [0.4, 0.5) is 5.13 Å². The summed E-state index contributed by atoms with van der Waals surface area (Å²) in [5.74, 6) is 0.957. The standard InChI is InChI=1S/C25H24N4OS/c1-18-17-28(25-26-23(27-31-25)16-19-8-3-2-4-9-19)14-15-29(18)24(30)22-13-7-11-20-10-5-6-12-21(20)22/h2-13,18H,14-17H2,1H3. The predicted octanol–water partition coefficient (Wildman–Crippen LogP) is 4.63. The van der Waals surface area contributed by atoms with Gasteiger partial charge in [-0.2, -0.15) is 4.37 Å². The third-order valence-electron chi connectivity index (χ3n) is 5.84. The molecular weight excluding hydrogens is 404 g/mol. The van der Waals surface area contributed by atoms with Gasteiger partial charge in [0.05, 0.1) is 0 Å². The predicted molar refractivity (Wildman–Crippen MR) is 126 cm³/mol. The molecule has 4 aromatic rings. The second kappa shape index (κ2) is 8.47. The van der Waals surface area contributed by atoms with Gasteiger partial charge in [-0.3, -0.25) is 4.79 Å². The fourth-order valence-corrected chi connectivity index (χ4v) is 4.94. The first-order valence-electron chi connectivity index (χ1n) is 10.6. The van der Waals surface area contributed by atoms with Gasteiger partial charge in [0.25, 0.3) is 5.91 Å². The van der Waals surface area contributed by atoms with Crippen molar-refractivity contribution < 1.29 is 4.79 Å². The van der Waals surface area contributed by atoms with Crippen LogP contribution in [0.15, 0.2) is 72.8 Å². The van der Waals surface area contributed by atoms with Crippen molar-refractivity contribution in [2.24, 2.45) is 0 Å². The Kier molecular flexibility index (Phi) is 5.38. The van der Waals surface area contributed by atoms with Gasteiger partial charge in [0.15, 0.2) is 0 Å². The van der Waals surface area contributed by atoms with Crippen LogP contribution in [-0.4, -0.2) is 45.8 Å². The first-order chi connectivity index (χ1) is 15.2.